The van der Waals surface area contributed by atoms with Crippen molar-refractivity contribution in [3.05, 3.63) is 23.1 Å². The molecule has 0 atom stereocenters. The highest BCUT2D eigenvalue weighted by Crippen LogP contribution is 2.08. The number of H-pyrrole nitrogens is 1. The van der Waals surface area contributed by atoms with Crippen molar-refractivity contribution in [1.29, 1.82) is 0 Å². The van der Waals surface area contributed by atoms with Crippen molar-refractivity contribution in [1.82, 2.24) is 9.97 Å². The lowest BCUT2D eigenvalue weighted by Gasteiger charge is -2.02. The highest BCUT2D eigenvalue weighted by atomic mass is 16.1. The zero-order valence-corrected chi connectivity index (χ0v) is 6.29. The predicted molar refractivity (Wildman–Crippen MR) is 47.5 cm³/mol. The Morgan fingerprint density at radius 2 is 2.25 bits per heavy atom. The van der Waals surface area contributed by atoms with Crippen LogP contribution in [-0.2, 0) is 0 Å². The van der Waals surface area contributed by atoms with Crippen LogP contribution in [0.15, 0.2) is 17.6 Å². The van der Waals surface area contributed by atoms with Crippen LogP contribution in [0.1, 0.15) is 0 Å². The van der Waals surface area contributed by atoms with Crippen molar-refractivity contribution in [3.63, 3.8) is 0 Å². The Morgan fingerprint density at radius 1 is 1.58 bits per heavy atom. The molecule has 1 heterocycles. The highest BCUT2D eigenvalue weighted by molar-refractivity contribution is 5.62. The Morgan fingerprint density at radius 3 is 2.83 bits per heavy atom. The second-order valence-electron chi connectivity index (χ2n) is 2.06. The summed E-state index contributed by atoms with van der Waals surface area (Å²) < 4.78 is 0. The zero-order chi connectivity index (χ0) is 9.14. The number of aromatic amines is 1. The minimum atomic E-state index is -0.466. The summed E-state index contributed by atoms with van der Waals surface area (Å²) in [6.07, 6.45) is 1.36. The highest BCUT2D eigenvalue weighted by Gasteiger charge is 2.03. The molecule has 12 heavy (non-hydrogen) atoms. The number of aromatic nitrogens is 2. The quantitative estimate of drug-likeness (QED) is 0.474. The van der Waals surface area contributed by atoms with E-state index in [9.17, 15) is 4.79 Å². The predicted octanol–water partition coefficient (Wildman–Crippen LogP) is -0.510. The van der Waals surface area contributed by atoms with Crippen LogP contribution < -0.4 is 22.3 Å². The summed E-state index contributed by atoms with van der Waals surface area (Å²) in [7, 11) is 0. The third-order valence-corrected chi connectivity index (χ3v) is 1.21. The van der Waals surface area contributed by atoms with Gasteiger partial charge in [0.25, 0.3) is 5.56 Å². The number of rotatable bonds is 2. The van der Waals surface area contributed by atoms with Crippen LogP contribution in [0.2, 0.25) is 0 Å². The Bertz CT molecular complexity index is 355. The second-order valence-corrected chi connectivity index (χ2v) is 2.06. The summed E-state index contributed by atoms with van der Waals surface area (Å²) >= 11 is 0. The molecule has 0 spiro atoms. The standard InChI is InChI=1S/C6H9N5O/c1-2-9-4-3(7)5(12)11-6(8)10-4/h2H,1,7H2,(H4,8,9,10,11,12). The van der Waals surface area contributed by atoms with Gasteiger partial charge < -0.3 is 16.8 Å². The van der Waals surface area contributed by atoms with Gasteiger partial charge in [-0.05, 0) is 6.20 Å². The monoisotopic (exact) mass is 167 g/mol. The molecule has 0 aliphatic carbocycles. The normalized spacial score (nSPS) is 9.33. The lowest BCUT2D eigenvalue weighted by molar-refractivity contribution is 1.14. The Labute approximate surface area is 68.3 Å². The molecule has 0 amide bonds. The third-order valence-electron chi connectivity index (χ3n) is 1.21. The summed E-state index contributed by atoms with van der Waals surface area (Å²) in [6, 6.07) is 0. The first-order chi connectivity index (χ1) is 5.65. The minimum absolute atomic E-state index is 0.0101. The Hall–Kier alpha value is -1.98. The number of nitrogens with one attached hydrogen (secondary N) is 2. The molecule has 0 bridgehead atoms. The van der Waals surface area contributed by atoms with Gasteiger partial charge in [-0.25, -0.2) is 0 Å². The molecule has 0 fully saturated rings. The summed E-state index contributed by atoms with van der Waals surface area (Å²) in [5.41, 5.74) is 10.2. The number of nitrogen functional groups attached to an aromatic ring is 2. The summed E-state index contributed by atoms with van der Waals surface area (Å²) in [5.74, 6) is 0.227. The van der Waals surface area contributed by atoms with Gasteiger partial charge >= 0.3 is 0 Å². The van der Waals surface area contributed by atoms with Crippen molar-refractivity contribution >= 4 is 17.5 Å². The molecule has 64 valence electrons. The zero-order valence-electron chi connectivity index (χ0n) is 6.29. The molecule has 6 N–H and O–H groups in total. The van der Waals surface area contributed by atoms with Crippen LogP contribution in [0.4, 0.5) is 17.5 Å². The van der Waals surface area contributed by atoms with Gasteiger partial charge in [-0.15, -0.1) is 0 Å². The topological polar surface area (TPSA) is 110 Å². The van der Waals surface area contributed by atoms with Crippen molar-refractivity contribution in [2.24, 2.45) is 0 Å². The average molecular weight is 167 g/mol. The van der Waals surface area contributed by atoms with E-state index in [1.54, 1.807) is 0 Å². The number of nitrogens with zero attached hydrogens (tertiary/aromatic N) is 1. The van der Waals surface area contributed by atoms with Crippen molar-refractivity contribution in [3.8, 4) is 0 Å². The minimum Gasteiger partial charge on any atom is -0.391 e. The van der Waals surface area contributed by atoms with Gasteiger partial charge in [-0.1, -0.05) is 6.58 Å². The van der Waals surface area contributed by atoms with E-state index in [2.05, 4.69) is 21.9 Å². The molecule has 0 saturated carbocycles. The van der Waals surface area contributed by atoms with Gasteiger partial charge in [-0.3, -0.25) is 9.78 Å². The van der Waals surface area contributed by atoms with Gasteiger partial charge in [0.05, 0.1) is 0 Å². The molecule has 1 aromatic heterocycles. The molecule has 0 unspecified atom stereocenters. The van der Waals surface area contributed by atoms with Crippen molar-refractivity contribution < 1.29 is 0 Å². The maximum atomic E-state index is 11.0. The van der Waals surface area contributed by atoms with Gasteiger partial charge in [0.1, 0.15) is 5.69 Å². The van der Waals surface area contributed by atoms with E-state index in [1.807, 2.05) is 0 Å². The van der Waals surface area contributed by atoms with Crippen molar-refractivity contribution in [2.45, 2.75) is 0 Å². The molecule has 1 rings (SSSR count). The van der Waals surface area contributed by atoms with E-state index in [4.69, 9.17) is 11.5 Å². The Balaban J connectivity index is 3.27. The number of anilines is 3. The Kier molecular flexibility index (Phi) is 2.00. The molecular weight excluding hydrogens is 158 g/mol. The first-order valence-corrected chi connectivity index (χ1v) is 3.18. The van der Waals surface area contributed by atoms with E-state index in [0.717, 1.165) is 0 Å². The van der Waals surface area contributed by atoms with Gasteiger partial charge in [0, 0.05) is 0 Å². The fourth-order valence-electron chi connectivity index (χ4n) is 0.707. The summed E-state index contributed by atoms with van der Waals surface area (Å²) in [4.78, 5) is 16.9. The molecular formula is C6H9N5O. The van der Waals surface area contributed by atoms with E-state index in [-0.39, 0.29) is 17.5 Å². The van der Waals surface area contributed by atoms with Gasteiger partial charge in [-0.2, -0.15) is 4.98 Å². The first kappa shape index (κ1) is 8.12. The summed E-state index contributed by atoms with van der Waals surface area (Å²) in [6.45, 7) is 3.40. The average Bonchev–Trinajstić information content (AvgIpc) is 2.00. The lowest BCUT2D eigenvalue weighted by Crippen LogP contribution is -2.17. The van der Waals surface area contributed by atoms with Crippen LogP contribution in [0, 0.1) is 0 Å². The van der Waals surface area contributed by atoms with Gasteiger partial charge in [0.2, 0.25) is 5.95 Å². The van der Waals surface area contributed by atoms with Crippen LogP contribution in [0.3, 0.4) is 0 Å². The van der Waals surface area contributed by atoms with E-state index in [1.165, 1.54) is 6.20 Å². The number of hydrogen-bond donors (Lipinski definition) is 4. The molecule has 0 aliphatic heterocycles. The van der Waals surface area contributed by atoms with Crippen LogP contribution in [0.5, 0.6) is 0 Å². The molecule has 0 aromatic carbocycles. The van der Waals surface area contributed by atoms with Crippen LogP contribution in [0.25, 0.3) is 0 Å². The molecule has 0 saturated heterocycles. The van der Waals surface area contributed by atoms with E-state index >= 15 is 0 Å². The van der Waals surface area contributed by atoms with Crippen LogP contribution in [-0.4, -0.2) is 9.97 Å². The van der Waals surface area contributed by atoms with E-state index < -0.39 is 5.56 Å². The fourth-order valence-corrected chi connectivity index (χ4v) is 0.707. The second kappa shape index (κ2) is 2.95. The largest absolute Gasteiger partial charge is 0.391 e. The molecule has 1 aromatic rings. The molecule has 0 radical (unpaired) electrons. The number of hydrogen-bond acceptors (Lipinski definition) is 5. The third kappa shape index (κ3) is 1.36. The van der Waals surface area contributed by atoms with E-state index in [0.29, 0.717) is 0 Å². The smallest absolute Gasteiger partial charge is 0.277 e. The number of nitrogens with two attached hydrogens (primary N) is 2. The first-order valence-electron chi connectivity index (χ1n) is 3.18. The summed E-state index contributed by atoms with van der Waals surface area (Å²) in [5, 5.41) is 2.59. The molecule has 6 heteroatoms. The maximum Gasteiger partial charge on any atom is 0.277 e. The van der Waals surface area contributed by atoms with Gasteiger partial charge in [0.15, 0.2) is 5.82 Å². The van der Waals surface area contributed by atoms with Crippen LogP contribution >= 0.6 is 0 Å². The molecule has 6 nitrogen and oxygen atoms in total. The fraction of sp³-hybridized carbons (Fsp3) is 0. The van der Waals surface area contributed by atoms with Crippen molar-refractivity contribution in [2.75, 3.05) is 16.8 Å². The molecule has 0 aliphatic rings. The maximum absolute atomic E-state index is 11.0. The SMILES string of the molecule is C=CNc1nc(N)[nH]c(=O)c1N. The lowest BCUT2D eigenvalue weighted by atomic mass is 10.5.